The Morgan fingerprint density at radius 1 is 1.25 bits per heavy atom. The van der Waals surface area contributed by atoms with E-state index in [1.54, 1.807) is 12.1 Å². The largest absolute Gasteiger partial charge is 0.398 e. The first kappa shape index (κ1) is 15.5. The van der Waals surface area contributed by atoms with E-state index in [0.29, 0.717) is 6.04 Å². The van der Waals surface area contributed by atoms with Crippen LogP contribution >= 0.6 is 11.8 Å². The fraction of sp³-hybridized carbons (Fsp3) is 0.538. The van der Waals surface area contributed by atoms with Gasteiger partial charge in [-0.15, -0.1) is 0 Å². The van der Waals surface area contributed by atoms with Crippen LogP contribution in [0.1, 0.15) is 25.7 Å². The Morgan fingerprint density at radius 2 is 1.90 bits per heavy atom. The number of nitrogens with one attached hydrogen (secondary N) is 1. The summed E-state index contributed by atoms with van der Waals surface area (Å²) in [5.74, 6) is 0. The van der Waals surface area contributed by atoms with E-state index < -0.39 is 10.0 Å². The summed E-state index contributed by atoms with van der Waals surface area (Å²) in [5, 5.41) is 9.28. The monoisotopic (exact) mass is 315 g/mol. The van der Waals surface area contributed by atoms with Gasteiger partial charge in [0.2, 0.25) is 10.0 Å². The van der Waals surface area contributed by atoms with Gasteiger partial charge in [0.05, 0.1) is 5.69 Å². The van der Waals surface area contributed by atoms with Crippen molar-refractivity contribution in [1.82, 2.24) is 0 Å². The molecule has 112 valence electrons. The molecule has 1 aliphatic rings. The van der Waals surface area contributed by atoms with Crippen LogP contribution < -0.4 is 16.2 Å². The van der Waals surface area contributed by atoms with Crippen LogP contribution in [-0.2, 0) is 10.0 Å². The van der Waals surface area contributed by atoms with E-state index in [0.717, 1.165) is 23.8 Å². The van der Waals surface area contributed by atoms with Crippen molar-refractivity contribution in [2.75, 3.05) is 17.3 Å². The summed E-state index contributed by atoms with van der Waals surface area (Å²) in [7, 11) is -3.75. The molecule has 1 fully saturated rings. The molecule has 0 spiro atoms. The Hall–Kier alpha value is -0.920. The van der Waals surface area contributed by atoms with E-state index in [9.17, 15) is 8.42 Å². The molecule has 0 heterocycles. The van der Waals surface area contributed by atoms with Gasteiger partial charge in [0.1, 0.15) is 4.90 Å². The fourth-order valence-corrected chi connectivity index (χ4v) is 3.96. The predicted octanol–water partition coefficient (Wildman–Crippen LogP) is 2.00. The molecule has 2 rings (SSSR count). The molecule has 0 aliphatic heterocycles. The van der Waals surface area contributed by atoms with Gasteiger partial charge in [-0.05, 0) is 50.1 Å². The molecule has 0 aromatic heterocycles. The average molecular weight is 315 g/mol. The third-order valence-electron chi connectivity index (χ3n) is 3.69. The number of hydrogen-bond acceptors (Lipinski definition) is 5. The van der Waals surface area contributed by atoms with E-state index >= 15 is 0 Å². The third-order valence-corrected chi connectivity index (χ3v) is 5.82. The molecule has 7 heteroatoms. The van der Waals surface area contributed by atoms with Crippen molar-refractivity contribution in [3.8, 4) is 0 Å². The number of thioether (sulfide) groups is 1. The van der Waals surface area contributed by atoms with Crippen molar-refractivity contribution >= 4 is 33.2 Å². The first-order valence-electron chi connectivity index (χ1n) is 6.62. The summed E-state index contributed by atoms with van der Waals surface area (Å²) in [5.41, 5.74) is 6.79. The van der Waals surface area contributed by atoms with Crippen LogP contribution in [0.2, 0.25) is 0 Å². The van der Waals surface area contributed by atoms with Gasteiger partial charge in [0.25, 0.3) is 0 Å². The van der Waals surface area contributed by atoms with Gasteiger partial charge >= 0.3 is 0 Å². The molecule has 0 amide bonds. The van der Waals surface area contributed by atoms with Crippen LogP contribution in [0.15, 0.2) is 23.1 Å². The van der Waals surface area contributed by atoms with Crippen molar-refractivity contribution in [1.29, 1.82) is 0 Å². The first-order valence-corrected chi connectivity index (χ1v) is 9.45. The zero-order chi connectivity index (χ0) is 14.8. The summed E-state index contributed by atoms with van der Waals surface area (Å²) >= 11 is 1.93. The van der Waals surface area contributed by atoms with Crippen molar-refractivity contribution in [2.24, 2.45) is 5.14 Å². The molecule has 0 unspecified atom stereocenters. The molecule has 0 bridgehead atoms. The molecule has 5 N–H and O–H groups in total. The van der Waals surface area contributed by atoms with Crippen LogP contribution in [-0.4, -0.2) is 26.0 Å². The topological polar surface area (TPSA) is 98.2 Å². The minimum absolute atomic E-state index is 0.0193. The second-order valence-electron chi connectivity index (χ2n) is 5.15. The molecule has 5 nitrogen and oxygen atoms in total. The normalized spacial score (nSPS) is 23.5. The van der Waals surface area contributed by atoms with E-state index in [4.69, 9.17) is 10.9 Å². The average Bonchev–Trinajstić information content (AvgIpc) is 2.38. The maximum atomic E-state index is 11.3. The number of nitrogens with two attached hydrogens (primary N) is 2. The first-order chi connectivity index (χ1) is 9.40. The second-order valence-corrected chi connectivity index (χ2v) is 7.82. The molecule has 1 aliphatic carbocycles. The molecular formula is C13H21N3O2S2. The number of rotatable bonds is 4. The lowest BCUT2D eigenvalue weighted by molar-refractivity contribution is 0.473. The zero-order valence-corrected chi connectivity index (χ0v) is 13.1. The summed E-state index contributed by atoms with van der Waals surface area (Å²) in [4.78, 5) is -0.0193. The van der Waals surface area contributed by atoms with E-state index in [1.807, 2.05) is 11.8 Å². The highest BCUT2D eigenvalue weighted by Crippen LogP contribution is 2.29. The van der Waals surface area contributed by atoms with Crippen molar-refractivity contribution < 1.29 is 8.42 Å². The maximum Gasteiger partial charge on any atom is 0.240 e. The van der Waals surface area contributed by atoms with Crippen LogP contribution in [0.3, 0.4) is 0 Å². The van der Waals surface area contributed by atoms with Crippen LogP contribution in [0, 0.1) is 0 Å². The minimum Gasteiger partial charge on any atom is -0.398 e. The Balaban J connectivity index is 2.03. The molecule has 1 aromatic carbocycles. The number of primary sulfonamides is 1. The Labute approximate surface area is 124 Å². The van der Waals surface area contributed by atoms with Crippen molar-refractivity contribution in [3.05, 3.63) is 18.2 Å². The molecule has 1 saturated carbocycles. The van der Waals surface area contributed by atoms with Crippen molar-refractivity contribution in [2.45, 2.75) is 41.9 Å². The number of hydrogen-bond donors (Lipinski definition) is 3. The van der Waals surface area contributed by atoms with E-state index in [-0.39, 0.29) is 10.6 Å². The Kier molecular flexibility index (Phi) is 4.82. The molecule has 0 radical (unpaired) electrons. The summed E-state index contributed by atoms with van der Waals surface area (Å²) in [6.07, 6.45) is 6.84. The zero-order valence-electron chi connectivity index (χ0n) is 11.5. The quantitative estimate of drug-likeness (QED) is 0.738. The lowest BCUT2D eigenvalue weighted by Gasteiger charge is -2.28. The van der Waals surface area contributed by atoms with E-state index in [1.165, 1.54) is 18.9 Å². The second kappa shape index (κ2) is 6.24. The number of sulfonamides is 1. The Morgan fingerprint density at radius 3 is 2.40 bits per heavy atom. The molecule has 20 heavy (non-hydrogen) atoms. The molecule has 1 aromatic rings. The van der Waals surface area contributed by atoms with Crippen LogP contribution in [0.4, 0.5) is 11.4 Å². The van der Waals surface area contributed by atoms with Gasteiger partial charge in [0, 0.05) is 17.0 Å². The number of nitrogen functional groups attached to an aromatic ring is 1. The van der Waals surface area contributed by atoms with Gasteiger partial charge in [-0.25, -0.2) is 13.6 Å². The lowest BCUT2D eigenvalue weighted by atomic mass is 9.95. The lowest BCUT2D eigenvalue weighted by Crippen LogP contribution is -2.27. The Bertz CT molecular complexity index is 567. The molecular weight excluding hydrogens is 294 g/mol. The van der Waals surface area contributed by atoms with Gasteiger partial charge in [-0.3, -0.25) is 0 Å². The highest BCUT2D eigenvalue weighted by Gasteiger charge is 2.20. The van der Waals surface area contributed by atoms with Crippen LogP contribution in [0.5, 0.6) is 0 Å². The molecule has 0 atom stereocenters. The maximum absolute atomic E-state index is 11.3. The molecule has 0 saturated heterocycles. The van der Waals surface area contributed by atoms with E-state index in [2.05, 4.69) is 11.6 Å². The summed E-state index contributed by atoms with van der Waals surface area (Å²) in [6, 6.07) is 5.25. The standard InChI is InChI=1S/C13H21N3O2S2/c1-19-11-5-2-9(3-6-11)16-10-4-7-13(12(14)8-10)20(15,17)18/h4,7-9,11,16H,2-3,5-6,14H2,1H3,(H2,15,17,18). The fourth-order valence-electron chi connectivity index (χ4n) is 2.58. The predicted molar refractivity (Wildman–Crippen MR) is 85.4 cm³/mol. The summed E-state index contributed by atoms with van der Waals surface area (Å²) < 4.78 is 22.6. The van der Waals surface area contributed by atoms with Gasteiger partial charge in [-0.2, -0.15) is 11.8 Å². The summed E-state index contributed by atoms with van der Waals surface area (Å²) in [6.45, 7) is 0. The van der Waals surface area contributed by atoms with Crippen LogP contribution in [0.25, 0.3) is 0 Å². The van der Waals surface area contributed by atoms with Crippen molar-refractivity contribution in [3.63, 3.8) is 0 Å². The minimum atomic E-state index is -3.75. The highest BCUT2D eigenvalue weighted by molar-refractivity contribution is 7.99. The SMILES string of the molecule is CSC1CCC(Nc2ccc(S(N)(=O)=O)c(N)c2)CC1. The number of benzene rings is 1. The van der Waals surface area contributed by atoms with Gasteiger partial charge in [0.15, 0.2) is 0 Å². The number of anilines is 2. The van der Waals surface area contributed by atoms with Gasteiger partial charge in [-0.1, -0.05) is 0 Å². The van der Waals surface area contributed by atoms with Gasteiger partial charge < -0.3 is 11.1 Å². The smallest absolute Gasteiger partial charge is 0.240 e. The third kappa shape index (κ3) is 3.80. The highest BCUT2D eigenvalue weighted by atomic mass is 32.2.